The number of rotatable bonds is 1. The molecule has 0 aromatic carbocycles. The molecule has 0 atom stereocenters. The molecule has 0 aromatic rings. The minimum absolute atomic E-state index is 0.609. The van der Waals surface area contributed by atoms with Gasteiger partial charge in [0.15, 0.2) is 0 Å². The van der Waals surface area contributed by atoms with E-state index in [1.807, 2.05) is 6.20 Å². The fourth-order valence-electron chi connectivity index (χ4n) is 1.13. The highest BCUT2D eigenvalue weighted by molar-refractivity contribution is 5.37. The van der Waals surface area contributed by atoms with E-state index in [4.69, 9.17) is 0 Å². The molecule has 12 heavy (non-hydrogen) atoms. The van der Waals surface area contributed by atoms with Gasteiger partial charge in [-0.3, -0.25) is 0 Å². The Morgan fingerprint density at radius 1 is 1.33 bits per heavy atom. The van der Waals surface area contributed by atoms with Crippen LogP contribution in [0.4, 0.5) is 0 Å². The van der Waals surface area contributed by atoms with Gasteiger partial charge in [-0.05, 0) is 37.5 Å². The molecule has 0 radical (unpaired) electrons. The summed E-state index contributed by atoms with van der Waals surface area (Å²) >= 11 is 0. The summed E-state index contributed by atoms with van der Waals surface area (Å²) in [7, 11) is 0. The van der Waals surface area contributed by atoms with Crippen LogP contribution in [0.1, 0.15) is 27.7 Å². The van der Waals surface area contributed by atoms with E-state index in [0.29, 0.717) is 5.92 Å². The maximum Gasteiger partial charge on any atom is 0.0368 e. The van der Waals surface area contributed by atoms with Crippen molar-refractivity contribution in [2.24, 2.45) is 5.92 Å². The molecule has 0 spiro atoms. The molecule has 1 N–H and O–H groups in total. The van der Waals surface area contributed by atoms with Crippen molar-refractivity contribution in [3.8, 4) is 0 Å². The van der Waals surface area contributed by atoms with Crippen molar-refractivity contribution in [3.05, 3.63) is 35.2 Å². The smallest absolute Gasteiger partial charge is 0.0368 e. The summed E-state index contributed by atoms with van der Waals surface area (Å²) in [6.45, 7) is 8.67. The fraction of sp³-hybridized carbons (Fsp3) is 0.455. The molecule has 0 aliphatic carbocycles. The predicted octanol–water partition coefficient (Wildman–Crippen LogP) is 2.98. The second-order valence-electron chi connectivity index (χ2n) is 3.69. The number of dihydropyridines is 1. The lowest BCUT2D eigenvalue weighted by Crippen LogP contribution is -2.10. The topological polar surface area (TPSA) is 12.0 Å². The third-order valence-corrected chi connectivity index (χ3v) is 2.03. The van der Waals surface area contributed by atoms with Crippen molar-refractivity contribution in [2.45, 2.75) is 27.7 Å². The van der Waals surface area contributed by atoms with Gasteiger partial charge in [-0.25, -0.2) is 0 Å². The molecule has 1 aliphatic rings. The summed E-state index contributed by atoms with van der Waals surface area (Å²) in [5.74, 6) is 0.609. The highest BCUT2D eigenvalue weighted by atomic mass is 14.9. The molecular weight excluding hydrogens is 146 g/mol. The van der Waals surface area contributed by atoms with Crippen LogP contribution in [0, 0.1) is 5.92 Å². The molecule has 0 unspecified atom stereocenters. The van der Waals surface area contributed by atoms with Crippen LogP contribution in [0.3, 0.4) is 0 Å². The second-order valence-corrected chi connectivity index (χ2v) is 3.69. The van der Waals surface area contributed by atoms with Gasteiger partial charge in [0.25, 0.3) is 0 Å². The van der Waals surface area contributed by atoms with E-state index in [1.54, 1.807) is 0 Å². The quantitative estimate of drug-likeness (QED) is 0.626. The molecule has 1 nitrogen and oxygen atoms in total. The zero-order chi connectivity index (χ0) is 9.14. The third kappa shape index (κ3) is 2.00. The minimum atomic E-state index is 0.609. The van der Waals surface area contributed by atoms with E-state index in [9.17, 15) is 0 Å². The van der Waals surface area contributed by atoms with Crippen LogP contribution < -0.4 is 5.32 Å². The maximum absolute atomic E-state index is 3.23. The first-order chi connectivity index (χ1) is 5.61. The Labute approximate surface area is 74.9 Å². The minimum Gasteiger partial charge on any atom is -0.362 e. The molecule has 0 saturated heterocycles. The van der Waals surface area contributed by atoms with Crippen LogP contribution >= 0.6 is 0 Å². The Balaban J connectivity index is 2.91. The van der Waals surface area contributed by atoms with Gasteiger partial charge >= 0.3 is 0 Å². The molecular formula is C11H17N. The van der Waals surface area contributed by atoms with Crippen molar-refractivity contribution in [1.29, 1.82) is 0 Å². The van der Waals surface area contributed by atoms with Crippen molar-refractivity contribution in [1.82, 2.24) is 5.32 Å². The van der Waals surface area contributed by atoms with Gasteiger partial charge in [0.2, 0.25) is 0 Å². The average molecular weight is 163 g/mol. The summed E-state index contributed by atoms with van der Waals surface area (Å²) in [6, 6.07) is 0. The molecule has 0 bridgehead atoms. The molecule has 0 amide bonds. The average Bonchev–Trinajstić information content (AvgIpc) is 2.04. The summed E-state index contributed by atoms with van der Waals surface area (Å²) in [5, 5.41) is 3.23. The zero-order valence-corrected chi connectivity index (χ0v) is 8.31. The largest absolute Gasteiger partial charge is 0.362 e. The van der Waals surface area contributed by atoms with E-state index in [2.05, 4.69) is 45.2 Å². The van der Waals surface area contributed by atoms with Crippen molar-refractivity contribution < 1.29 is 0 Å². The third-order valence-electron chi connectivity index (χ3n) is 2.03. The number of hydrogen-bond acceptors (Lipinski definition) is 1. The SMILES string of the molecule is CC(C)=C1C=C(C(C)C)C=CN1. The lowest BCUT2D eigenvalue weighted by atomic mass is 9.99. The second kappa shape index (κ2) is 3.61. The van der Waals surface area contributed by atoms with Gasteiger partial charge in [0.05, 0.1) is 0 Å². The molecule has 66 valence electrons. The zero-order valence-electron chi connectivity index (χ0n) is 8.31. The molecule has 1 heteroatoms. The highest BCUT2D eigenvalue weighted by Crippen LogP contribution is 2.17. The summed E-state index contributed by atoms with van der Waals surface area (Å²) < 4.78 is 0. The molecule has 0 fully saturated rings. The predicted molar refractivity (Wildman–Crippen MR) is 53.6 cm³/mol. The number of hydrogen-bond donors (Lipinski definition) is 1. The van der Waals surface area contributed by atoms with Gasteiger partial charge in [0, 0.05) is 11.9 Å². The molecule has 0 aromatic heterocycles. The van der Waals surface area contributed by atoms with E-state index in [-0.39, 0.29) is 0 Å². The van der Waals surface area contributed by atoms with E-state index in [0.717, 1.165) is 0 Å². The first-order valence-electron chi connectivity index (χ1n) is 4.43. The van der Waals surface area contributed by atoms with E-state index < -0.39 is 0 Å². The number of nitrogens with one attached hydrogen (secondary N) is 1. The first kappa shape index (κ1) is 9.11. The summed E-state index contributed by atoms with van der Waals surface area (Å²) in [5.41, 5.74) is 3.96. The van der Waals surface area contributed by atoms with Crippen molar-refractivity contribution in [3.63, 3.8) is 0 Å². The van der Waals surface area contributed by atoms with Gasteiger partial charge in [-0.2, -0.15) is 0 Å². The molecule has 1 rings (SSSR count). The van der Waals surface area contributed by atoms with Gasteiger partial charge in [-0.1, -0.05) is 19.4 Å². The Kier molecular flexibility index (Phi) is 2.74. The van der Waals surface area contributed by atoms with Crippen LogP contribution in [0.2, 0.25) is 0 Å². The first-order valence-corrected chi connectivity index (χ1v) is 4.43. The lowest BCUT2D eigenvalue weighted by Gasteiger charge is -2.15. The van der Waals surface area contributed by atoms with Crippen LogP contribution in [-0.2, 0) is 0 Å². The van der Waals surface area contributed by atoms with Gasteiger partial charge in [0.1, 0.15) is 0 Å². The van der Waals surface area contributed by atoms with Crippen LogP contribution in [0.5, 0.6) is 0 Å². The van der Waals surface area contributed by atoms with E-state index in [1.165, 1.54) is 16.8 Å². The van der Waals surface area contributed by atoms with Crippen molar-refractivity contribution >= 4 is 0 Å². The normalized spacial score (nSPS) is 16.1. The monoisotopic (exact) mass is 163 g/mol. The Morgan fingerprint density at radius 3 is 2.50 bits per heavy atom. The highest BCUT2D eigenvalue weighted by Gasteiger charge is 2.04. The summed E-state index contributed by atoms with van der Waals surface area (Å²) in [4.78, 5) is 0. The maximum atomic E-state index is 3.23. The lowest BCUT2D eigenvalue weighted by molar-refractivity contribution is 0.780. The Morgan fingerprint density at radius 2 is 2.00 bits per heavy atom. The Bertz CT molecular complexity index is 250. The standard InChI is InChI=1S/C11H17N/c1-8(2)10-5-6-12-11(7-10)9(3)4/h5-8,12H,1-4H3. The van der Waals surface area contributed by atoms with Crippen LogP contribution in [0.15, 0.2) is 35.2 Å². The van der Waals surface area contributed by atoms with Gasteiger partial charge in [-0.15, -0.1) is 0 Å². The molecule has 0 saturated carbocycles. The fourth-order valence-corrected chi connectivity index (χ4v) is 1.13. The van der Waals surface area contributed by atoms with E-state index >= 15 is 0 Å². The van der Waals surface area contributed by atoms with Gasteiger partial charge < -0.3 is 5.32 Å². The van der Waals surface area contributed by atoms with Crippen molar-refractivity contribution in [2.75, 3.05) is 0 Å². The Hall–Kier alpha value is -0.980. The number of allylic oxidation sites excluding steroid dienone is 4. The molecule has 1 heterocycles. The van der Waals surface area contributed by atoms with Crippen LogP contribution in [-0.4, -0.2) is 0 Å². The van der Waals surface area contributed by atoms with Crippen LogP contribution in [0.25, 0.3) is 0 Å². The summed E-state index contributed by atoms with van der Waals surface area (Å²) in [6.07, 6.45) is 6.37. The molecule has 1 aliphatic heterocycles.